The van der Waals surface area contributed by atoms with Crippen molar-refractivity contribution in [2.45, 2.75) is 34.0 Å². The van der Waals surface area contributed by atoms with Crippen LogP contribution >= 0.6 is 0 Å². The van der Waals surface area contributed by atoms with Gasteiger partial charge in [-0.2, -0.15) is 9.97 Å². The molecular formula is C20H26N6O2. The molecule has 28 heavy (non-hydrogen) atoms. The van der Waals surface area contributed by atoms with Crippen LogP contribution in [-0.2, 0) is 9.47 Å². The van der Waals surface area contributed by atoms with E-state index in [-0.39, 0.29) is 6.29 Å². The maximum absolute atomic E-state index is 5.56. The molecule has 0 spiro atoms. The monoisotopic (exact) mass is 382 g/mol. The Morgan fingerprint density at radius 1 is 1.00 bits per heavy atom. The Morgan fingerprint density at radius 3 is 2.50 bits per heavy atom. The molecule has 148 valence electrons. The number of aromatic nitrogens is 4. The third-order valence-corrected chi connectivity index (χ3v) is 4.11. The first kappa shape index (κ1) is 19.9. The van der Waals surface area contributed by atoms with Crippen molar-refractivity contribution in [3.8, 4) is 0 Å². The zero-order chi connectivity index (χ0) is 19.9. The molecule has 2 aromatic heterocycles. The molecule has 2 heterocycles. The van der Waals surface area contributed by atoms with Crippen LogP contribution in [0.2, 0.25) is 0 Å². The van der Waals surface area contributed by atoms with Gasteiger partial charge in [0.05, 0.1) is 6.54 Å². The van der Waals surface area contributed by atoms with E-state index in [4.69, 9.17) is 9.47 Å². The molecule has 2 N–H and O–H groups in total. The summed E-state index contributed by atoms with van der Waals surface area (Å²) in [6, 6.07) is 6.22. The average molecular weight is 382 g/mol. The molecule has 8 heteroatoms. The first-order chi connectivity index (χ1) is 13.6. The van der Waals surface area contributed by atoms with E-state index >= 15 is 0 Å². The van der Waals surface area contributed by atoms with Gasteiger partial charge in [0.15, 0.2) is 23.3 Å². The molecule has 0 atom stereocenters. The van der Waals surface area contributed by atoms with Gasteiger partial charge in [0.2, 0.25) is 5.95 Å². The third kappa shape index (κ3) is 4.90. The fourth-order valence-electron chi connectivity index (χ4n) is 2.74. The molecule has 0 fully saturated rings. The Bertz CT molecular complexity index is 928. The highest BCUT2D eigenvalue weighted by molar-refractivity contribution is 5.86. The second-order valence-electron chi connectivity index (χ2n) is 6.29. The quantitative estimate of drug-likeness (QED) is 0.542. The van der Waals surface area contributed by atoms with Gasteiger partial charge < -0.3 is 20.1 Å². The third-order valence-electron chi connectivity index (χ3n) is 4.11. The number of fused-ring (bicyclic) bond motifs is 1. The Hall–Kier alpha value is -2.84. The maximum atomic E-state index is 5.56. The van der Waals surface area contributed by atoms with E-state index in [1.807, 2.05) is 20.8 Å². The zero-order valence-electron chi connectivity index (χ0n) is 16.7. The Labute approximate surface area is 164 Å². The molecule has 0 amide bonds. The van der Waals surface area contributed by atoms with Crippen molar-refractivity contribution >= 4 is 28.6 Å². The summed E-state index contributed by atoms with van der Waals surface area (Å²) in [6.45, 7) is 9.52. The normalized spacial score (nSPS) is 11.2. The molecule has 0 unspecified atom stereocenters. The molecule has 8 nitrogen and oxygen atoms in total. The van der Waals surface area contributed by atoms with Crippen LogP contribution in [0.25, 0.3) is 11.2 Å². The van der Waals surface area contributed by atoms with E-state index in [2.05, 4.69) is 55.7 Å². The lowest BCUT2D eigenvalue weighted by molar-refractivity contribution is -0.126. The SMILES string of the molecule is CCOC(CNc1nc(Nc2cc(C)ccc2C)c2nccnc2n1)OCC. The number of aryl methyl sites for hydroxylation is 2. The van der Waals surface area contributed by atoms with E-state index in [0.717, 1.165) is 16.8 Å². The summed E-state index contributed by atoms with van der Waals surface area (Å²) in [5.74, 6) is 1.03. The average Bonchev–Trinajstić information content (AvgIpc) is 2.69. The van der Waals surface area contributed by atoms with Gasteiger partial charge in [0, 0.05) is 31.3 Å². The first-order valence-corrected chi connectivity index (χ1v) is 9.40. The highest BCUT2D eigenvalue weighted by Gasteiger charge is 2.13. The summed E-state index contributed by atoms with van der Waals surface area (Å²) in [7, 11) is 0. The first-order valence-electron chi connectivity index (χ1n) is 9.40. The minimum Gasteiger partial charge on any atom is -0.351 e. The van der Waals surface area contributed by atoms with Gasteiger partial charge in [-0.25, -0.2) is 9.97 Å². The van der Waals surface area contributed by atoms with Crippen molar-refractivity contribution in [3.05, 3.63) is 41.7 Å². The molecule has 0 bridgehead atoms. The lowest BCUT2D eigenvalue weighted by Crippen LogP contribution is -2.27. The largest absolute Gasteiger partial charge is 0.351 e. The maximum Gasteiger partial charge on any atom is 0.227 e. The standard InChI is InChI=1S/C20H26N6O2/c1-5-27-16(28-6-2)12-23-20-25-18-17(21-9-10-22-18)19(26-20)24-15-11-13(3)7-8-14(15)4/h7-11,16H,5-6,12H2,1-4H3,(H2,22,23,24,25,26). The van der Waals surface area contributed by atoms with Gasteiger partial charge >= 0.3 is 0 Å². The lowest BCUT2D eigenvalue weighted by atomic mass is 10.1. The van der Waals surface area contributed by atoms with E-state index in [1.165, 1.54) is 0 Å². The Morgan fingerprint density at radius 2 is 1.75 bits per heavy atom. The highest BCUT2D eigenvalue weighted by Crippen LogP contribution is 2.25. The number of ether oxygens (including phenoxy) is 2. The summed E-state index contributed by atoms with van der Waals surface area (Å²) in [5, 5.41) is 6.56. The summed E-state index contributed by atoms with van der Waals surface area (Å²) in [4.78, 5) is 17.8. The number of rotatable bonds is 9. The number of hydrogen-bond donors (Lipinski definition) is 2. The van der Waals surface area contributed by atoms with Crippen molar-refractivity contribution in [1.82, 2.24) is 19.9 Å². The predicted octanol–water partition coefficient (Wildman–Crippen LogP) is 3.59. The van der Waals surface area contributed by atoms with Crippen LogP contribution < -0.4 is 10.6 Å². The van der Waals surface area contributed by atoms with Gasteiger partial charge in [-0.3, -0.25) is 0 Å². The predicted molar refractivity (Wildman–Crippen MR) is 110 cm³/mol. The molecule has 0 saturated carbocycles. The van der Waals surface area contributed by atoms with Crippen molar-refractivity contribution in [3.63, 3.8) is 0 Å². The van der Waals surface area contributed by atoms with Crippen molar-refractivity contribution < 1.29 is 9.47 Å². The molecule has 1 aromatic carbocycles. The molecular weight excluding hydrogens is 356 g/mol. The molecule has 0 aliphatic carbocycles. The number of anilines is 3. The molecule has 3 rings (SSSR count). The second kappa shape index (κ2) is 9.38. The highest BCUT2D eigenvalue weighted by atomic mass is 16.7. The van der Waals surface area contributed by atoms with Crippen LogP contribution in [0.1, 0.15) is 25.0 Å². The van der Waals surface area contributed by atoms with Crippen LogP contribution in [-0.4, -0.2) is 46.0 Å². The van der Waals surface area contributed by atoms with Gasteiger partial charge in [0.1, 0.15) is 0 Å². The number of nitrogens with one attached hydrogen (secondary N) is 2. The van der Waals surface area contributed by atoms with Crippen LogP contribution in [0.5, 0.6) is 0 Å². The Kier molecular flexibility index (Phi) is 6.67. The number of hydrogen-bond acceptors (Lipinski definition) is 8. The van der Waals surface area contributed by atoms with Gasteiger partial charge in [0.25, 0.3) is 0 Å². The van der Waals surface area contributed by atoms with Crippen LogP contribution in [0.15, 0.2) is 30.6 Å². The molecule has 3 aromatic rings. The van der Waals surface area contributed by atoms with Crippen LogP contribution in [0.3, 0.4) is 0 Å². The molecule has 0 radical (unpaired) electrons. The molecule has 0 aliphatic heterocycles. The summed E-state index contributed by atoms with van der Waals surface area (Å²) < 4.78 is 11.1. The van der Waals surface area contributed by atoms with E-state index in [9.17, 15) is 0 Å². The Balaban J connectivity index is 1.89. The van der Waals surface area contributed by atoms with Crippen molar-refractivity contribution in [1.29, 1.82) is 0 Å². The zero-order valence-corrected chi connectivity index (χ0v) is 16.7. The fourth-order valence-corrected chi connectivity index (χ4v) is 2.74. The van der Waals surface area contributed by atoms with Crippen LogP contribution in [0, 0.1) is 13.8 Å². The number of nitrogens with zero attached hydrogens (tertiary/aromatic N) is 4. The second-order valence-corrected chi connectivity index (χ2v) is 6.29. The van der Waals surface area contributed by atoms with Crippen LogP contribution in [0.4, 0.5) is 17.5 Å². The van der Waals surface area contributed by atoms with Gasteiger partial charge in [-0.1, -0.05) is 12.1 Å². The molecule has 0 aliphatic rings. The van der Waals surface area contributed by atoms with E-state index < -0.39 is 0 Å². The summed E-state index contributed by atoms with van der Waals surface area (Å²) in [6.07, 6.45) is 2.88. The lowest BCUT2D eigenvalue weighted by Gasteiger charge is -2.18. The fraction of sp³-hybridized carbons (Fsp3) is 0.400. The minimum absolute atomic E-state index is 0.369. The van der Waals surface area contributed by atoms with Crippen molar-refractivity contribution in [2.24, 2.45) is 0 Å². The van der Waals surface area contributed by atoms with E-state index in [0.29, 0.717) is 42.7 Å². The van der Waals surface area contributed by atoms with Crippen molar-refractivity contribution in [2.75, 3.05) is 30.4 Å². The topological polar surface area (TPSA) is 94.1 Å². The van der Waals surface area contributed by atoms with E-state index in [1.54, 1.807) is 12.4 Å². The molecule has 0 saturated heterocycles. The number of benzene rings is 1. The van der Waals surface area contributed by atoms with Gasteiger partial charge in [-0.05, 0) is 44.9 Å². The summed E-state index contributed by atoms with van der Waals surface area (Å²) in [5.41, 5.74) is 4.37. The minimum atomic E-state index is -0.369. The summed E-state index contributed by atoms with van der Waals surface area (Å²) >= 11 is 0. The van der Waals surface area contributed by atoms with Gasteiger partial charge in [-0.15, -0.1) is 0 Å². The smallest absolute Gasteiger partial charge is 0.227 e.